The van der Waals surface area contributed by atoms with Crippen LogP contribution in [0.5, 0.6) is 0 Å². The fourth-order valence-corrected chi connectivity index (χ4v) is 3.46. The molecule has 98 valence electrons. The molecule has 0 unspecified atom stereocenters. The van der Waals surface area contributed by atoms with Crippen LogP contribution < -0.4 is 0 Å². The molecule has 0 aromatic heterocycles. The molecule has 1 aliphatic carbocycles. The Balaban J connectivity index is 1.91. The maximum Gasteiger partial charge on any atom is 0.227 e. The molecule has 2 fully saturated rings. The molecule has 1 amide bonds. The van der Waals surface area contributed by atoms with Gasteiger partial charge in [0.05, 0.1) is 0 Å². The molecule has 1 heterocycles. The summed E-state index contributed by atoms with van der Waals surface area (Å²) in [6.45, 7) is 8.08. The maximum absolute atomic E-state index is 12.2. The van der Waals surface area contributed by atoms with E-state index in [2.05, 4.69) is 4.90 Å². The fraction of sp³-hybridized carbons (Fsp3) is 0.933. The number of hydrogen-bond acceptors (Lipinski definition) is 1. The minimum Gasteiger partial charge on any atom is -0.342 e. The number of hydrogen-bond donors (Lipinski definition) is 0. The van der Waals surface area contributed by atoms with E-state index >= 15 is 0 Å². The van der Waals surface area contributed by atoms with E-state index in [1.165, 1.54) is 44.9 Å². The van der Waals surface area contributed by atoms with Crippen LogP contribution in [0, 0.1) is 10.8 Å². The van der Waals surface area contributed by atoms with E-state index < -0.39 is 0 Å². The number of nitrogens with zero attached hydrogens (tertiary/aromatic N) is 1. The van der Waals surface area contributed by atoms with Gasteiger partial charge in [0.2, 0.25) is 5.91 Å². The summed E-state index contributed by atoms with van der Waals surface area (Å²) in [6, 6.07) is 0. The highest BCUT2D eigenvalue weighted by molar-refractivity contribution is 5.81. The van der Waals surface area contributed by atoms with Gasteiger partial charge >= 0.3 is 0 Å². The SMILES string of the molecule is CC(C)(C)C(=O)N1CCC2(CCCCC2)CC1. The van der Waals surface area contributed by atoms with E-state index in [1.807, 2.05) is 20.8 Å². The average molecular weight is 237 g/mol. The minimum atomic E-state index is -0.211. The van der Waals surface area contributed by atoms with E-state index in [0.717, 1.165) is 13.1 Å². The summed E-state index contributed by atoms with van der Waals surface area (Å²) in [4.78, 5) is 14.3. The standard InChI is InChI=1S/C15H27NO/c1-14(2,3)13(17)16-11-9-15(10-12-16)7-5-4-6-8-15/h4-12H2,1-3H3. The van der Waals surface area contributed by atoms with Crippen molar-refractivity contribution in [3.05, 3.63) is 0 Å². The Morgan fingerprint density at radius 2 is 1.47 bits per heavy atom. The van der Waals surface area contributed by atoms with E-state index in [9.17, 15) is 4.79 Å². The summed E-state index contributed by atoms with van der Waals surface area (Å²) in [6.07, 6.45) is 9.55. The minimum absolute atomic E-state index is 0.211. The van der Waals surface area contributed by atoms with Crippen molar-refractivity contribution in [1.82, 2.24) is 4.90 Å². The Kier molecular flexibility index (Phi) is 3.51. The first-order chi connectivity index (χ1) is 7.93. The molecule has 0 atom stereocenters. The lowest BCUT2D eigenvalue weighted by molar-refractivity contribution is -0.142. The summed E-state index contributed by atoms with van der Waals surface area (Å²) >= 11 is 0. The molecule has 1 saturated heterocycles. The van der Waals surface area contributed by atoms with Crippen LogP contribution in [0.4, 0.5) is 0 Å². The molecule has 0 aromatic rings. The van der Waals surface area contributed by atoms with E-state index in [4.69, 9.17) is 0 Å². The number of amides is 1. The largest absolute Gasteiger partial charge is 0.342 e. The predicted octanol–water partition coefficient (Wildman–Crippen LogP) is 3.61. The molecule has 2 rings (SSSR count). The highest BCUT2D eigenvalue weighted by Gasteiger charge is 2.38. The topological polar surface area (TPSA) is 20.3 Å². The summed E-state index contributed by atoms with van der Waals surface area (Å²) in [5, 5.41) is 0. The number of piperidine rings is 1. The quantitative estimate of drug-likeness (QED) is 0.630. The lowest BCUT2D eigenvalue weighted by Gasteiger charge is -2.45. The monoisotopic (exact) mass is 237 g/mol. The zero-order valence-electron chi connectivity index (χ0n) is 11.7. The zero-order valence-corrected chi connectivity index (χ0v) is 11.7. The van der Waals surface area contributed by atoms with E-state index in [1.54, 1.807) is 0 Å². The number of rotatable bonds is 0. The molecule has 17 heavy (non-hydrogen) atoms. The van der Waals surface area contributed by atoms with Gasteiger partial charge in [0.15, 0.2) is 0 Å². The molecule has 1 saturated carbocycles. The summed E-state index contributed by atoms with van der Waals surface area (Å²) in [5.41, 5.74) is 0.393. The molecular formula is C15H27NO. The third kappa shape index (κ3) is 2.83. The van der Waals surface area contributed by atoms with Gasteiger partial charge in [-0.3, -0.25) is 4.79 Å². The second kappa shape index (κ2) is 4.62. The first-order valence-corrected chi connectivity index (χ1v) is 7.22. The normalized spacial score (nSPS) is 25.0. The molecule has 2 aliphatic rings. The van der Waals surface area contributed by atoms with Crippen LogP contribution in [-0.4, -0.2) is 23.9 Å². The first kappa shape index (κ1) is 12.9. The fourth-order valence-electron chi connectivity index (χ4n) is 3.46. The predicted molar refractivity (Wildman–Crippen MR) is 70.8 cm³/mol. The maximum atomic E-state index is 12.2. The van der Waals surface area contributed by atoms with Crippen LogP contribution in [0.15, 0.2) is 0 Å². The van der Waals surface area contributed by atoms with Gasteiger partial charge in [0.1, 0.15) is 0 Å². The van der Waals surface area contributed by atoms with Crippen molar-refractivity contribution in [2.24, 2.45) is 10.8 Å². The van der Waals surface area contributed by atoms with Crippen LogP contribution in [0.25, 0.3) is 0 Å². The Labute approximate surface area is 106 Å². The zero-order chi connectivity index (χ0) is 12.5. The molecular weight excluding hydrogens is 210 g/mol. The summed E-state index contributed by atoms with van der Waals surface area (Å²) < 4.78 is 0. The van der Waals surface area contributed by atoms with Gasteiger partial charge < -0.3 is 4.90 Å². The lowest BCUT2D eigenvalue weighted by atomic mass is 9.68. The van der Waals surface area contributed by atoms with Gasteiger partial charge in [0.25, 0.3) is 0 Å². The average Bonchev–Trinajstić information content (AvgIpc) is 2.29. The van der Waals surface area contributed by atoms with Crippen molar-refractivity contribution in [3.8, 4) is 0 Å². The van der Waals surface area contributed by atoms with Crippen LogP contribution in [0.1, 0.15) is 65.7 Å². The van der Waals surface area contributed by atoms with Crippen molar-refractivity contribution >= 4 is 5.91 Å². The molecule has 2 heteroatoms. The number of carbonyl (C=O) groups excluding carboxylic acids is 1. The highest BCUT2D eigenvalue weighted by atomic mass is 16.2. The Morgan fingerprint density at radius 1 is 0.941 bits per heavy atom. The second-order valence-corrected chi connectivity index (χ2v) is 7.10. The molecule has 1 aliphatic heterocycles. The smallest absolute Gasteiger partial charge is 0.227 e. The Morgan fingerprint density at radius 3 is 1.94 bits per heavy atom. The highest BCUT2D eigenvalue weighted by Crippen LogP contribution is 2.44. The molecule has 0 bridgehead atoms. The van der Waals surface area contributed by atoms with Crippen molar-refractivity contribution < 1.29 is 4.79 Å². The van der Waals surface area contributed by atoms with Crippen molar-refractivity contribution in [2.75, 3.05) is 13.1 Å². The molecule has 1 spiro atoms. The van der Waals surface area contributed by atoms with Gasteiger partial charge in [-0.15, -0.1) is 0 Å². The number of carbonyl (C=O) groups is 1. The van der Waals surface area contributed by atoms with E-state index in [0.29, 0.717) is 11.3 Å². The summed E-state index contributed by atoms with van der Waals surface area (Å²) in [7, 11) is 0. The van der Waals surface area contributed by atoms with Gasteiger partial charge in [-0.25, -0.2) is 0 Å². The van der Waals surface area contributed by atoms with Crippen LogP contribution >= 0.6 is 0 Å². The Hall–Kier alpha value is -0.530. The van der Waals surface area contributed by atoms with Crippen molar-refractivity contribution in [1.29, 1.82) is 0 Å². The van der Waals surface area contributed by atoms with Crippen LogP contribution in [0.2, 0.25) is 0 Å². The van der Waals surface area contributed by atoms with Gasteiger partial charge in [0, 0.05) is 18.5 Å². The Bertz CT molecular complexity index is 274. The van der Waals surface area contributed by atoms with E-state index in [-0.39, 0.29) is 5.41 Å². The van der Waals surface area contributed by atoms with Crippen LogP contribution in [0.3, 0.4) is 0 Å². The third-order valence-electron chi connectivity index (χ3n) is 4.67. The third-order valence-corrected chi connectivity index (χ3v) is 4.67. The van der Waals surface area contributed by atoms with Gasteiger partial charge in [-0.1, -0.05) is 40.0 Å². The van der Waals surface area contributed by atoms with Gasteiger partial charge in [-0.2, -0.15) is 0 Å². The van der Waals surface area contributed by atoms with Crippen molar-refractivity contribution in [3.63, 3.8) is 0 Å². The van der Waals surface area contributed by atoms with Crippen LogP contribution in [-0.2, 0) is 4.79 Å². The molecule has 0 aromatic carbocycles. The van der Waals surface area contributed by atoms with Gasteiger partial charge in [-0.05, 0) is 31.1 Å². The summed E-state index contributed by atoms with van der Waals surface area (Å²) in [5.74, 6) is 0.336. The van der Waals surface area contributed by atoms with Crippen molar-refractivity contribution in [2.45, 2.75) is 65.7 Å². The number of likely N-dealkylation sites (tertiary alicyclic amines) is 1. The molecule has 0 radical (unpaired) electrons. The second-order valence-electron chi connectivity index (χ2n) is 7.10. The lowest BCUT2D eigenvalue weighted by Crippen LogP contribution is -2.47. The molecule has 2 nitrogen and oxygen atoms in total. The molecule has 0 N–H and O–H groups in total. The first-order valence-electron chi connectivity index (χ1n) is 7.22.